The van der Waals surface area contributed by atoms with Gasteiger partial charge in [-0.25, -0.2) is 9.67 Å². The van der Waals surface area contributed by atoms with Crippen LogP contribution >= 0.6 is 0 Å². The van der Waals surface area contributed by atoms with E-state index in [4.69, 9.17) is 5.11 Å². The molecule has 0 aliphatic rings. The van der Waals surface area contributed by atoms with Gasteiger partial charge in [0.2, 0.25) is 0 Å². The van der Waals surface area contributed by atoms with Crippen LogP contribution in [0.1, 0.15) is 29.9 Å². The summed E-state index contributed by atoms with van der Waals surface area (Å²) in [4.78, 5) is 27.1. The van der Waals surface area contributed by atoms with Crippen LogP contribution in [-0.4, -0.2) is 37.8 Å². The summed E-state index contributed by atoms with van der Waals surface area (Å²) in [6.07, 6.45) is 3.64. The number of nitrogens with one attached hydrogen (secondary N) is 1. The third-order valence-electron chi connectivity index (χ3n) is 3.03. The van der Waals surface area contributed by atoms with Crippen LogP contribution in [0.4, 0.5) is 0 Å². The van der Waals surface area contributed by atoms with Crippen molar-refractivity contribution < 1.29 is 14.7 Å². The van der Waals surface area contributed by atoms with Crippen molar-refractivity contribution in [2.24, 2.45) is 0 Å². The van der Waals surface area contributed by atoms with E-state index in [2.05, 4.69) is 15.4 Å². The smallest absolute Gasteiger partial charge is 0.325 e. The van der Waals surface area contributed by atoms with Crippen molar-refractivity contribution in [3.05, 3.63) is 41.9 Å². The number of carbonyl (C=O) groups excluding carboxylic acids is 1. The Hall–Kier alpha value is -2.70. The molecule has 0 unspecified atom stereocenters. The molecule has 21 heavy (non-hydrogen) atoms. The van der Waals surface area contributed by atoms with Crippen molar-refractivity contribution in [2.45, 2.75) is 26.3 Å². The van der Waals surface area contributed by atoms with Crippen molar-refractivity contribution in [2.75, 3.05) is 0 Å². The molecule has 0 bridgehead atoms. The predicted molar refractivity (Wildman–Crippen MR) is 75.3 cm³/mol. The van der Waals surface area contributed by atoms with Crippen LogP contribution in [-0.2, 0) is 11.2 Å². The zero-order valence-corrected chi connectivity index (χ0v) is 11.8. The number of carbonyl (C=O) groups is 2. The average molecular weight is 288 g/mol. The van der Waals surface area contributed by atoms with Crippen molar-refractivity contribution in [1.82, 2.24) is 20.1 Å². The average Bonchev–Trinajstić information content (AvgIpc) is 2.91. The molecule has 1 atom stereocenters. The number of hydrogen-bond donors (Lipinski definition) is 2. The maximum atomic E-state index is 12.1. The maximum absolute atomic E-state index is 12.1. The van der Waals surface area contributed by atoms with Gasteiger partial charge in [0.15, 0.2) is 5.82 Å². The zero-order valence-electron chi connectivity index (χ0n) is 11.8. The van der Waals surface area contributed by atoms with Crippen LogP contribution in [0.25, 0.3) is 5.82 Å². The second kappa shape index (κ2) is 6.17. The van der Waals surface area contributed by atoms with Crippen LogP contribution in [0.15, 0.2) is 30.6 Å². The normalized spacial score (nSPS) is 11.9. The highest BCUT2D eigenvalue weighted by Gasteiger charge is 2.21. The molecule has 2 N–H and O–H groups in total. The Bertz CT molecular complexity index is 651. The fourth-order valence-corrected chi connectivity index (χ4v) is 1.92. The first-order valence-electron chi connectivity index (χ1n) is 6.56. The minimum atomic E-state index is -1.08. The largest absolute Gasteiger partial charge is 0.480 e. The molecular weight excluding hydrogens is 272 g/mol. The molecule has 0 radical (unpaired) electrons. The monoisotopic (exact) mass is 288 g/mol. The Morgan fingerprint density at radius 2 is 2.19 bits per heavy atom. The number of hydrogen-bond acceptors (Lipinski definition) is 4. The van der Waals surface area contributed by atoms with E-state index in [9.17, 15) is 9.59 Å². The van der Waals surface area contributed by atoms with Gasteiger partial charge in [-0.1, -0.05) is 13.0 Å². The number of amides is 1. The zero-order chi connectivity index (χ0) is 15.4. The second-order valence-electron chi connectivity index (χ2n) is 4.49. The summed E-state index contributed by atoms with van der Waals surface area (Å²) < 4.78 is 1.58. The summed E-state index contributed by atoms with van der Waals surface area (Å²) in [5, 5.41) is 15.4. The summed E-state index contributed by atoms with van der Waals surface area (Å²) in [6.45, 7) is 3.31. The van der Waals surface area contributed by atoms with Gasteiger partial charge in [-0.15, -0.1) is 0 Å². The number of rotatable bonds is 5. The highest BCUT2D eigenvalue weighted by Crippen LogP contribution is 2.14. The van der Waals surface area contributed by atoms with E-state index in [-0.39, 0.29) is 0 Å². The fraction of sp³-hybridized carbons (Fsp3) is 0.286. The van der Waals surface area contributed by atoms with Crippen LogP contribution in [0.3, 0.4) is 0 Å². The Morgan fingerprint density at radius 1 is 1.43 bits per heavy atom. The SMILES string of the molecule is CCc1c(C(=O)N[C@@H](C)C(=O)O)cnn1-c1ccccn1. The fourth-order valence-electron chi connectivity index (χ4n) is 1.92. The van der Waals surface area contributed by atoms with Gasteiger partial charge in [0.05, 0.1) is 17.5 Å². The lowest BCUT2D eigenvalue weighted by Crippen LogP contribution is -2.38. The van der Waals surface area contributed by atoms with Crippen molar-refractivity contribution >= 4 is 11.9 Å². The van der Waals surface area contributed by atoms with Gasteiger partial charge >= 0.3 is 5.97 Å². The van der Waals surface area contributed by atoms with Gasteiger partial charge in [0.1, 0.15) is 6.04 Å². The maximum Gasteiger partial charge on any atom is 0.325 e. The number of pyridine rings is 1. The van der Waals surface area contributed by atoms with Crippen molar-refractivity contribution in [3.63, 3.8) is 0 Å². The molecule has 7 heteroatoms. The van der Waals surface area contributed by atoms with E-state index in [1.54, 1.807) is 23.0 Å². The van der Waals surface area contributed by atoms with Crippen LogP contribution in [0, 0.1) is 0 Å². The summed E-state index contributed by atoms with van der Waals surface area (Å²) >= 11 is 0. The third kappa shape index (κ3) is 3.07. The molecule has 0 saturated heterocycles. The number of aromatic nitrogens is 3. The minimum Gasteiger partial charge on any atom is -0.480 e. The van der Waals surface area contributed by atoms with Gasteiger partial charge in [-0.3, -0.25) is 9.59 Å². The van der Waals surface area contributed by atoms with Crippen molar-refractivity contribution in [3.8, 4) is 5.82 Å². The summed E-state index contributed by atoms with van der Waals surface area (Å²) in [7, 11) is 0. The Kier molecular flexibility index (Phi) is 4.32. The lowest BCUT2D eigenvalue weighted by molar-refractivity contribution is -0.138. The van der Waals surface area contributed by atoms with E-state index in [0.717, 1.165) is 0 Å². The van der Waals surface area contributed by atoms with E-state index >= 15 is 0 Å². The van der Waals surface area contributed by atoms with Gasteiger partial charge in [0, 0.05) is 6.20 Å². The first-order valence-corrected chi connectivity index (χ1v) is 6.56. The summed E-state index contributed by atoms with van der Waals surface area (Å²) in [5.74, 6) is -0.929. The molecule has 0 saturated carbocycles. The lowest BCUT2D eigenvalue weighted by Gasteiger charge is -2.10. The van der Waals surface area contributed by atoms with Gasteiger partial charge in [-0.05, 0) is 25.5 Å². The molecule has 2 aromatic rings. The van der Waals surface area contributed by atoms with Crippen LogP contribution < -0.4 is 5.32 Å². The van der Waals surface area contributed by atoms with E-state index in [0.29, 0.717) is 23.5 Å². The summed E-state index contributed by atoms with van der Waals surface area (Å²) in [6, 6.07) is 4.45. The highest BCUT2D eigenvalue weighted by atomic mass is 16.4. The topological polar surface area (TPSA) is 97.1 Å². The quantitative estimate of drug-likeness (QED) is 0.856. The lowest BCUT2D eigenvalue weighted by atomic mass is 10.2. The number of aliphatic carboxylic acids is 1. The molecular formula is C14H16N4O3. The Balaban J connectivity index is 2.32. The van der Waals surface area contributed by atoms with E-state index in [1.807, 2.05) is 13.0 Å². The molecule has 0 spiro atoms. The standard InChI is InChI=1S/C14H16N4O3/c1-3-11-10(13(19)17-9(2)14(20)21)8-16-18(11)12-6-4-5-7-15-12/h4-9H,3H2,1-2H3,(H,17,19)(H,20,21)/t9-/m0/s1. The molecule has 2 rings (SSSR count). The molecule has 110 valence electrons. The molecule has 0 fully saturated rings. The Labute approximate surface area is 121 Å². The van der Waals surface area contributed by atoms with Gasteiger partial charge in [0.25, 0.3) is 5.91 Å². The van der Waals surface area contributed by atoms with Gasteiger partial charge < -0.3 is 10.4 Å². The van der Waals surface area contributed by atoms with E-state index < -0.39 is 17.9 Å². The molecule has 0 aliphatic carbocycles. The first-order chi connectivity index (χ1) is 10.0. The minimum absolute atomic E-state index is 0.358. The molecule has 0 aromatic carbocycles. The molecule has 2 aromatic heterocycles. The molecule has 2 heterocycles. The third-order valence-corrected chi connectivity index (χ3v) is 3.03. The Morgan fingerprint density at radius 3 is 2.76 bits per heavy atom. The number of nitrogens with zero attached hydrogens (tertiary/aromatic N) is 3. The number of carboxylic acids is 1. The van der Waals surface area contributed by atoms with Crippen LogP contribution in [0.2, 0.25) is 0 Å². The predicted octanol–water partition coefficient (Wildman–Crippen LogP) is 1.03. The molecule has 1 amide bonds. The molecule has 0 aliphatic heterocycles. The van der Waals surface area contributed by atoms with Crippen molar-refractivity contribution in [1.29, 1.82) is 0 Å². The summed E-state index contributed by atoms with van der Waals surface area (Å²) in [5.41, 5.74) is 1.04. The first kappa shape index (κ1) is 14.7. The van der Waals surface area contributed by atoms with E-state index in [1.165, 1.54) is 13.1 Å². The van der Waals surface area contributed by atoms with Gasteiger partial charge in [-0.2, -0.15) is 5.10 Å². The molecule has 7 nitrogen and oxygen atoms in total. The number of carboxylic acid groups (broad SMARTS) is 1. The highest BCUT2D eigenvalue weighted by molar-refractivity contribution is 5.97. The second-order valence-corrected chi connectivity index (χ2v) is 4.49. The van der Waals surface area contributed by atoms with Crippen LogP contribution in [0.5, 0.6) is 0 Å².